The smallest absolute Gasteiger partial charge is 0.227 e. The van der Waals surface area contributed by atoms with Gasteiger partial charge in [0.25, 0.3) is 0 Å². The summed E-state index contributed by atoms with van der Waals surface area (Å²) in [6.07, 6.45) is 3.41. The second-order valence-corrected chi connectivity index (χ2v) is 12.3. The molecule has 10 heteroatoms. The fourth-order valence-electron chi connectivity index (χ4n) is 5.19. The van der Waals surface area contributed by atoms with Gasteiger partial charge in [0.15, 0.2) is 0 Å². The fraction of sp³-hybridized carbons (Fsp3) is 0.950. The Hall–Kier alpha value is -0.150. The van der Waals surface area contributed by atoms with E-state index >= 15 is 0 Å². The summed E-state index contributed by atoms with van der Waals surface area (Å²) in [6.45, 7) is 1.97. The molecule has 3 aliphatic carbocycles. The average Bonchev–Trinajstić information content (AvgIpc) is 2.63. The third-order valence-corrected chi connectivity index (χ3v) is 9.04. The molecule has 30 heavy (non-hydrogen) atoms. The van der Waals surface area contributed by atoms with Gasteiger partial charge in [0, 0.05) is 16.8 Å². The van der Waals surface area contributed by atoms with E-state index in [9.17, 15) is 17.6 Å². The summed E-state index contributed by atoms with van der Waals surface area (Å²) in [5.41, 5.74) is 0. The highest BCUT2D eigenvalue weighted by Crippen LogP contribution is 2.38. The van der Waals surface area contributed by atoms with Gasteiger partial charge in [-0.05, 0) is 57.3 Å². The van der Waals surface area contributed by atoms with Crippen molar-refractivity contribution in [2.24, 2.45) is 17.0 Å². The molecule has 9 atom stereocenters. The van der Waals surface area contributed by atoms with Crippen molar-refractivity contribution in [2.75, 3.05) is 0 Å². The van der Waals surface area contributed by atoms with E-state index in [1.165, 1.54) is 0 Å². The molecule has 174 valence electrons. The number of ether oxygens (including phenoxy) is 1. The first-order chi connectivity index (χ1) is 14.0. The minimum Gasteiger partial charge on any atom is -0.374 e. The van der Waals surface area contributed by atoms with Gasteiger partial charge in [-0.25, -0.2) is 17.9 Å². The fourth-order valence-corrected chi connectivity index (χ4v) is 7.14. The number of nitrogens with one attached hydrogen (secondary N) is 1. The summed E-state index contributed by atoms with van der Waals surface area (Å²) in [6, 6.07) is -0.256. The van der Waals surface area contributed by atoms with Crippen molar-refractivity contribution in [3.63, 3.8) is 0 Å². The number of halogens is 3. The van der Waals surface area contributed by atoms with E-state index in [0.717, 1.165) is 0 Å². The van der Waals surface area contributed by atoms with E-state index in [0.29, 0.717) is 57.8 Å². The maximum Gasteiger partial charge on any atom is 0.227 e. The standard InChI is InChI=1S/C20H33Cl2FN2O4S/c1-11-7-13(23)5-6-17(11)29-18-9-12(21)8-16(22)19(18)20(26)25-14-3-2-4-15(10-14)30(24,27)28/h11-19H,2-10H2,1H3,(H,25,26)(H2,24,27,28). The van der Waals surface area contributed by atoms with Crippen molar-refractivity contribution in [2.45, 2.75) is 105 Å². The molecule has 3 saturated carbocycles. The van der Waals surface area contributed by atoms with Crippen LogP contribution < -0.4 is 10.5 Å². The summed E-state index contributed by atoms with van der Waals surface area (Å²) in [4.78, 5) is 13.2. The van der Waals surface area contributed by atoms with E-state index in [2.05, 4.69) is 5.32 Å². The van der Waals surface area contributed by atoms with Gasteiger partial charge in [0.1, 0.15) is 6.17 Å². The molecule has 3 N–H and O–H groups in total. The van der Waals surface area contributed by atoms with Gasteiger partial charge in [-0.15, -0.1) is 23.2 Å². The predicted molar refractivity (Wildman–Crippen MR) is 116 cm³/mol. The third-order valence-electron chi connectivity index (χ3n) is 6.88. The number of sulfonamides is 1. The lowest BCUT2D eigenvalue weighted by Crippen LogP contribution is -2.53. The Kier molecular flexibility index (Phi) is 8.32. The number of primary sulfonamides is 1. The normalized spacial score (nSPS) is 43.2. The van der Waals surface area contributed by atoms with Crippen LogP contribution in [0.4, 0.5) is 4.39 Å². The van der Waals surface area contributed by atoms with Gasteiger partial charge in [0.05, 0.1) is 23.4 Å². The van der Waals surface area contributed by atoms with Gasteiger partial charge in [0.2, 0.25) is 15.9 Å². The zero-order chi connectivity index (χ0) is 22.1. The number of carbonyl (C=O) groups is 1. The molecule has 0 bridgehead atoms. The van der Waals surface area contributed by atoms with Crippen molar-refractivity contribution < 1.29 is 22.3 Å². The molecular formula is C20H33Cl2FN2O4S. The summed E-state index contributed by atoms with van der Waals surface area (Å²) in [5.74, 6) is -0.738. The monoisotopic (exact) mass is 486 g/mol. The van der Waals surface area contributed by atoms with Crippen LogP contribution in [0.15, 0.2) is 0 Å². The molecule has 3 fully saturated rings. The molecule has 6 nitrogen and oxygen atoms in total. The van der Waals surface area contributed by atoms with Gasteiger partial charge in [-0.3, -0.25) is 4.79 Å². The van der Waals surface area contributed by atoms with Crippen LogP contribution in [0.2, 0.25) is 0 Å². The minimum absolute atomic E-state index is 0.0656. The molecule has 0 spiro atoms. The highest BCUT2D eigenvalue weighted by atomic mass is 35.5. The number of carbonyl (C=O) groups excluding carboxylic acids is 1. The summed E-state index contributed by atoms with van der Waals surface area (Å²) >= 11 is 12.9. The quantitative estimate of drug-likeness (QED) is 0.582. The lowest BCUT2D eigenvalue weighted by molar-refractivity contribution is -0.141. The van der Waals surface area contributed by atoms with Crippen molar-refractivity contribution in [1.82, 2.24) is 5.32 Å². The van der Waals surface area contributed by atoms with Crippen molar-refractivity contribution in [1.29, 1.82) is 0 Å². The largest absolute Gasteiger partial charge is 0.374 e. The molecule has 3 aliphatic rings. The lowest BCUT2D eigenvalue weighted by Gasteiger charge is -2.41. The Bertz CT molecular complexity index is 713. The number of alkyl halides is 3. The Balaban J connectivity index is 1.66. The Labute approximate surface area is 188 Å². The maximum absolute atomic E-state index is 13.7. The van der Waals surface area contributed by atoms with Crippen LogP contribution in [0.5, 0.6) is 0 Å². The molecular weight excluding hydrogens is 454 g/mol. The minimum atomic E-state index is -3.63. The van der Waals surface area contributed by atoms with Crippen LogP contribution >= 0.6 is 23.2 Å². The van der Waals surface area contributed by atoms with Crippen LogP contribution in [0.1, 0.15) is 64.7 Å². The highest BCUT2D eigenvalue weighted by molar-refractivity contribution is 7.89. The van der Waals surface area contributed by atoms with Crippen LogP contribution in [-0.4, -0.2) is 54.8 Å². The first-order valence-electron chi connectivity index (χ1n) is 10.9. The summed E-state index contributed by atoms with van der Waals surface area (Å²) < 4.78 is 43.4. The second-order valence-electron chi connectivity index (χ2n) is 9.29. The topological polar surface area (TPSA) is 98.5 Å². The molecule has 0 saturated heterocycles. The molecule has 0 heterocycles. The molecule has 3 rings (SSSR count). The van der Waals surface area contributed by atoms with Gasteiger partial charge < -0.3 is 10.1 Å². The molecule has 0 aliphatic heterocycles. The first kappa shape index (κ1) is 24.5. The molecule has 0 aromatic rings. The van der Waals surface area contributed by atoms with E-state index < -0.39 is 38.8 Å². The molecule has 0 aromatic carbocycles. The highest BCUT2D eigenvalue weighted by Gasteiger charge is 2.44. The van der Waals surface area contributed by atoms with Crippen LogP contribution in [0.3, 0.4) is 0 Å². The number of hydrogen-bond acceptors (Lipinski definition) is 4. The van der Waals surface area contributed by atoms with Crippen LogP contribution in [-0.2, 0) is 19.6 Å². The number of hydrogen-bond donors (Lipinski definition) is 2. The number of nitrogens with two attached hydrogens (primary N) is 1. The molecule has 1 amide bonds. The van der Waals surface area contributed by atoms with Gasteiger partial charge in [-0.1, -0.05) is 13.3 Å². The zero-order valence-electron chi connectivity index (χ0n) is 17.3. The lowest BCUT2D eigenvalue weighted by atomic mass is 9.82. The van der Waals surface area contributed by atoms with Crippen molar-refractivity contribution >= 4 is 39.1 Å². The van der Waals surface area contributed by atoms with Crippen LogP contribution in [0, 0.1) is 11.8 Å². The SMILES string of the molecule is CC1CC(F)CCC1OC1CC(Cl)CC(Cl)C1C(=O)NC1CCCC(S(N)(=O)=O)C1. The van der Waals surface area contributed by atoms with Crippen molar-refractivity contribution in [3.05, 3.63) is 0 Å². The Morgan fingerprint density at radius 3 is 2.47 bits per heavy atom. The van der Waals surface area contributed by atoms with Crippen molar-refractivity contribution in [3.8, 4) is 0 Å². The van der Waals surface area contributed by atoms with Crippen LogP contribution in [0.25, 0.3) is 0 Å². The van der Waals surface area contributed by atoms with E-state index in [1.54, 1.807) is 0 Å². The zero-order valence-corrected chi connectivity index (χ0v) is 19.6. The third kappa shape index (κ3) is 6.21. The van der Waals surface area contributed by atoms with E-state index in [1.807, 2.05) is 6.92 Å². The number of amides is 1. The Morgan fingerprint density at radius 1 is 1.07 bits per heavy atom. The maximum atomic E-state index is 13.7. The molecule has 0 aromatic heterocycles. The Morgan fingerprint density at radius 2 is 1.80 bits per heavy atom. The predicted octanol–water partition coefficient (Wildman–Crippen LogP) is 3.24. The van der Waals surface area contributed by atoms with Gasteiger partial charge in [-0.2, -0.15) is 0 Å². The molecule has 9 unspecified atom stereocenters. The summed E-state index contributed by atoms with van der Waals surface area (Å²) in [5, 5.41) is 7.01. The second kappa shape index (κ2) is 10.2. The molecule has 0 radical (unpaired) electrons. The average molecular weight is 487 g/mol. The number of rotatable bonds is 5. The van der Waals surface area contributed by atoms with E-state index in [4.69, 9.17) is 33.1 Å². The summed E-state index contributed by atoms with van der Waals surface area (Å²) in [7, 11) is -3.63. The van der Waals surface area contributed by atoms with Gasteiger partial charge >= 0.3 is 0 Å². The van der Waals surface area contributed by atoms with E-state index in [-0.39, 0.29) is 29.3 Å². The first-order valence-corrected chi connectivity index (χ1v) is 13.4.